The molecule has 0 saturated carbocycles. The number of hydrogen-bond acceptors (Lipinski definition) is 2. The zero-order valence-corrected chi connectivity index (χ0v) is 22.5. The first-order valence-electron chi connectivity index (χ1n) is 14.2. The van der Waals surface area contributed by atoms with Crippen LogP contribution in [0.15, 0.2) is 128 Å². The second kappa shape index (κ2) is 9.76. The van der Waals surface area contributed by atoms with Gasteiger partial charge in [0.2, 0.25) is 0 Å². The van der Waals surface area contributed by atoms with Gasteiger partial charge in [0.25, 0.3) is 0 Å². The zero-order valence-electron chi connectivity index (χ0n) is 22.5. The number of benzene rings is 6. The molecule has 0 unspecified atom stereocenters. The van der Waals surface area contributed by atoms with Gasteiger partial charge in [0.15, 0.2) is 0 Å². The van der Waals surface area contributed by atoms with E-state index in [1.165, 1.54) is 49.0 Å². The Balaban J connectivity index is 1.29. The maximum atomic E-state index is 6.77. The van der Waals surface area contributed by atoms with Crippen LogP contribution in [0, 0.1) is 0 Å². The average molecular weight is 526 g/mol. The molecule has 0 atom stereocenters. The summed E-state index contributed by atoms with van der Waals surface area (Å²) >= 11 is 0. The lowest BCUT2D eigenvalue weighted by Gasteiger charge is -2.18. The Kier molecular flexibility index (Phi) is 5.63. The molecule has 0 N–H and O–H groups in total. The minimum atomic E-state index is 0.825. The highest BCUT2D eigenvalue weighted by atomic mass is 16.5. The largest absolute Gasteiger partial charge is 0.456 e. The van der Waals surface area contributed by atoms with Crippen LogP contribution in [0.1, 0.15) is 12.8 Å². The summed E-state index contributed by atoms with van der Waals surface area (Å²) < 4.78 is 6.77. The zero-order chi connectivity index (χ0) is 27.2. The van der Waals surface area contributed by atoms with Crippen LogP contribution in [0.3, 0.4) is 0 Å². The first-order chi connectivity index (χ1) is 20.3. The van der Waals surface area contributed by atoms with Crippen molar-refractivity contribution in [2.75, 3.05) is 0 Å². The Morgan fingerprint density at radius 1 is 0.512 bits per heavy atom. The standard InChI is InChI=1S/C39H27NO/c1-3-13-30-26(9-1)11-7-17-31(30)28-19-21-29(22-20-28)41-39-35-16-6-5-15-34(35)38(37-25-40-24-23-36(37)39)33-18-8-12-27-10-2-4-14-32(27)33/h1-4,7-25H,5-6H2. The lowest BCUT2D eigenvalue weighted by molar-refractivity contribution is 0.484. The van der Waals surface area contributed by atoms with Crippen LogP contribution in [0.2, 0.25) is 0 Å². The Morgan fingerprint density at radius 2 is 1.15 bits per heavy atom. The first kappa shape index (κ1) is 23.7. The molecule has 1 aliphatic carbocycles. The van der Waals surface area contributed by atoms with Gasteiger partial charge in [-0.3, -0.25) is 4.98 Å². The highest BCUT2D eigenvalue weighted by molar-refractivity contribution is 6.07. The van der Waals surface area contributed by atoms with E-state index < -0.39 is 0 Å². The van der Waals surface area contributed by atoms with Gasteiger partial charge in [0.1, 0.15) is 11.5 Å². The molecule has 0 spiro atoms. The second-order valence-corrected chi connectivity index (χ2v) is 10.6. The molecule has 0 bridgehead atoms. The number of pyridine rings is 1. The molecule has 1 aromatic heterocycles. The van der Waals surface area contributed by atoms with Gasteiger partial charge in [0.05, 0.1) is 0 Å². The molecule has 1 aliphatic rings. The molecule has 6 aromatic carbocycles. The highest BCUT2D eigenvalue weighted by Gasteiger charge is 2.18. The van der Waals surface area contributed by atoms with Gasteiger partial charge in [-0.05, 0) is 80.1 Å². The van der Waals surface area contributed by atoms with E-state index in [-0.39, 0.29) is 0 Å². The maximum absolute atomic E-state index is 6.77. The third kappa shape index (κ3) is 3.99. The Morgan fingerprint density at radius 3 is 1.90 bits per heavy atom. The summed E-state index contributed by atoms with van der Waals surface area (Å²) in [5.41, 5.74) is 4.87. The van der Waals surface area contributed by atoms with Gasteiger partial charge in [-0.2, -0.15) is 0 Å². The van der Waals surface area contributed by atoms with Gasteiger partial charge in [-0.25, -0.2) is 0 Å². The molecule has 2 nitrogen and oxygen atoms in total. The van der Waals surface area contributed by atoms with Crippen molar-refractivity contribution in [3.05, 3.63) is 138 Å². The summed E-state index contributed by atoms with van der Waals surface area (Å²) in [6, 6.07) is 40.8. The molecule has 0 radical (unpaired) electrons. The summed E-state index contributed by atoms with van der Waals surface area (Å²) in [6.45, 7) is 0. The topological polar surface area (TPSA) is 22.1 Å². The van der Waals surface area contributed by atoms with Crippen molar-refractivity contribution in [3.63, 3.8) is 0 Å². The van der Waals surface area contributed by atoms with Crippen LogP contribution in [0.5, 0.6) is 11.5 Å². The van der Waals surface area contributed by atoms with E-state index in [1.54, 1.807) is 0 Å². The van der Waals surface area contributed by atoms with Gasteiger partial charge in [0, 0.05) is 28.4 Å². The SMILES string of the molecule is C1=c2c(Oc3ccc(-c4cccc5ccccc45)cc3)c3ccncc3c(-c3cccc4ccccc34)c2=CCC1. The molecule has 0 aliphatic heterocycles. The maximum Gasteiger partial charge on any atom is 0.142 e. The highest BCUT2D eigenvalue weighted by Crippen LogP contribution is 2.36. The van der Waals surface area contributed by atoms with E-state index in [1.807, 2.05) is 12.4 Å². The monoisotopic (exact) mass is 525 g/mol. The van der Waals surface area contributed by atoms with Crippen molar-refractivity contribution in [3.8, 4) is 33.8 Å². The number of hydrogen-bond donors (Lipinski definition) is 0. The third-order valence-electron chi connectivity index (χ3n) is 8.24. The molecule has 7 aromatic rings. The molecule has 1 heterocycles. The molecule has 0 saturated heterocycles. The fraction of sp³-hybridized carbons (Fsp3) is 0.0513. The minimum absolute atomic E-state index is 0.825. The van der Waals surface area contributed by atoms with Crippen LogP contribution >= 0.6 is 0 Å². The predicted octanol–water partition coefficient (Wildman–Crippen LogP) is 9.02. The Hall–Kier alpha value is -5.21. The molecular weight excluding hydrogens is 498 g/mol. The lowest BCUT2D eigenvalue weighted by atomic mass is 9.89. The van der Waals surface area contributed by atoms with Crippen molar-refractivity contribution in [1.29, 1.82) is 0 Å². The fourth-order valence-electron chi connectivity index (χ4n) is 6.35. The molecular formula is C39H27NO. The van der Waals surface area contributed by atoms with Gasteiger partial charge in [-0.1, -0.05) is 109 Å². The van der Waals surface area contributed by atoms with E-state index in [4.69, 9.17) is 4.74 Å². The molecule has 0 amide bonds. The normalized spacial score (nSPS) is 12.6. The number of rotatable bonds is 4. The molecule has 194 valence electrons. The van der Waals surface area contributed by atoms with E-state index in [2.05, 4.69) is 132 Å². The Bertz CT molecular complexity index is 2220. The quantitative estimate of drug-likeness (QED) is 0.229. The van der Waals surface area contributed by atoms with Gasteiger partial charge in [-0.15, -0.1) is 0 Å². The first-order valence-corrected chi connectivity index (χ1v) is 14.2. The van der Waals surface area contributed by atoms with Crippen LogP contribution in [-0.2, 0) is 0 Å². The van der Waals surface area contributed by atoms with Crippen molar-refractivity contribution in [2.45, 2.75) is 12.8 Å². The summed E-state index contributed by atoms with van der Waals surface area (Å²) in [6.07, 6.45) is 10.6. The number of aromatic nitrogens is 1. The summed E-state index contributed by atoms with van der Waals surface area (Å²) in [4.78, 5) is 4.57. The summed E-state index contributed by atoms with van der Waals surface area (Å²) in [5, 5.41) is 9.57. The van der Waals surface area contributed by atoms with Crippen LogP contribution in [0.25, 0.3) is 66.7 Å². The smallest absolute Gasteiger partial charge is 0.142 e. The van der Waals surface area contributed by atoms with Crippen molar-refractivity contribution >= 4 is 44.5 Å². The van der Waals surface area contributed by atoms with Crippen molar-refractivity contribution in [2.24, 2.45) is 0 Å². The number of nitrogens with zero attached hydrogens (tertiary/aromatic N) is 1. The molecule has 8 rings (SSSR count). The van der Waals surface area contributed by atoms with Crippen molar-refractivity contribution in [1.82, 2.24) is 4.98 Å². The molecule has 2 heteroatoms. The van der Waals surface area contributed by atoms with Gasteiger partial charge < -0.3 is 4.74 Å². The van der Waals surface area contributed by atoms with E-state index >= 15 is 0 Å². The molecule has 41 heavy (non-hydrogen) atoms. The minimum Gasteiger partial charge on any atom is -0.456 e. The van der Waals surface area contributed by atoms with E-state index in [9.17, 15) is 0 Å². The van der Waals surface area contributed by atoms with E-state index in [0.717, 1.165) is 40.3 Å². The molecule has 0 fully saturated rings. The third-order valence-corrected chi connectivity index (χ3v) is 8.24. The van der Waals surface area contributed by atoms with Gasteiger partial charge >= 0.3 is 0 Å². The average Bonchev–Trinajstić information content (AvgIpc) is 3.05. The van der Waals surface area contributed by atoms with E-state index in [0.29, 0.717) is 0 Å². The Labute approximate surface area is 238 Å². The summed E-state index contributed by atoms with van der Waals surface area (Å²) in [5.74, 6) is 1.72. The second-order valence-electron chi connectivity index (χ2n) is 10.6. The predicted molar refractivity (Wildman–Crippen MR) is 172 cm³/mol. The number of fused-ring (bicyclic) bond motifs is 4. The van der Waals surface area contributed by atoms with Crippen molar-refractivity contribution < 1.29 is 4.74 Å². The lowest BCUT2D eigenvalue weighted by Crippen LogP contribution is -2.31. The summed E-state index contributed by atoms with van der Waals surface area (Å²) in [7, 11) is 0. The number of ether oxygens (including phenoxy) is 1. The fourth-order valence-corrected chi connectivity index (χ4v) is 6.35. The van der Waals surface area contributed by atoms with Crippen LogP contribution in [0.4, 0.5) is 0 Å². The van der Waals surface area contributed by atoms with Crippen LogP contribution in [-0.4, -0.2) is 4.98 Å². The van der Waals surface area contributed by atoms with Crippen LogP contribution < -0.4 is 15.2 Å².